The number of pyridine rings is 1. The van der Waals surface area contributed by atoms with Crippen LogP contribution in [-0.2, 0) is 4.74 Å². The van der Waals surface area contributed by atoms with Crippen molar-refractivity contribution in [2.45, 2.75) is 44.8 Å². The van der Waals surface area contributed by atoms with Gasteiger partial charge in [0.2, 0.25) is 0 Å². The summed E-state index contributed by atoms with van der Waals surface area (Å²) in [4.78, 5) is 20.0. The lowest BCUT2D eigenvalue weighted by Crippen LogP contribution is -2.53. The SMILES string of the molecule is COc1cc(-c2cnc3cc(OC[C@@H]4CCCN(C5COC5)C4)ccn23)cc(OC(F)F)c1C(=O)CC1CC1. The van der Waals surface area contributed by atoms with Gasteiger partial charge in [0.25, 0.3) is 0 Å². The van der Waals surface area contributed by atoms with Gasteiger partial charge in [0.15, 0.2) is 5.78 Å². The zero-order valence-corrected chi connectivity index (χ0v) is 22.0. The van der Waals surface area contributed by atoms with Crippen molar-refractivity contribution in [1.29, 1.82) is 0 Å². The van der Waals surface area contributed by atoms with Gasteiger partial charge >= 0.3 is 6.61 Å². The normalized spacial score (nSPS) is 20.3. The van der Waals surface area contributed by atoms with Gasteiger partial charge in [0.05, 0.1) is 44.9 Å². The number of carbonyl (C=O) groups excluding carboxylic acids is 1. The van der Waals surface area contributed by atoms with Crippen LogP contribution < -0.4 is 14.2 Å². The van der Waals surface area contributed by atoms with Gasteiger partial charge in [0, 0.05) is 36.7 Å². The molecule has 0 amide bonds. The molecule has 8 nitrogen and oxygen atoms in total. The van der Waals surface area contributed by atoms with Gasteiger partial charge in [-0.3, -0.25) is 14.1 Å². The quantitative estimate of drug-likeness (QED) is 0.313. The van der Waals surface area contributed by atoms with E-state index in [1.807, 2.05) is 22.7 Å². The van der Waals surface area contributed by atoms with E-state index in [0.717, 1.165) is 51.3 Å². The maximum absolute atomic E-state index is 13.3. The van der Waals surface area contributed by atoms with Crippen molar-refractivity contribution in [3.05, 3.63) is 42.2 Å². The summed E-state index contributed by atoms with van der Waals surface area (Å²) < 4.78 is 50.3. The number of methoxy groups -OCH3 is 1. The van der Waals surface area contributed by atoms with E-state index in [1.54, 1.807) is 12.3 Å². The van der Waals surface area contributed by atoms with Gasteiger partial charge in [-0.15, -0.1) is 0 Å². The molecule has 208 valence electrons. The Balaban J connectivity index is 1.22. The van der Waals surface area contributed by atoms with Crippen LogP contribution in [0, 0.1) is 11.8 Å². The molecule has 1 aliphatic carbocycles. The minimum atomic E-state index is -3.07. The molecule has 6 rings (SSSR count). The number of hydrogen-bond donors (Lipinski definition) is 0. The van der Waals surface area contributed by atoms with Crippen molar-refractivity contribution in [2.24, 2.45) is 11.8 Å². The summed E-state index contributed by atoms with van der Waals surface area (Å²) in [5.41, 5.74) is 1.92. The van der Waals surface area contributed by atoms with Gasteiger partial charge in [-0.25, -0.2) is 4.98 Å². The first-order valence-electron chi connectivity index (χ1n) is 13.6. The lowest BCUT2D eigenvalue weighted by molar-refractivity contribution is -0.0783. The first-order chi connectivity index (χ1) is 19.0. The van der Waals surface area contributed by atoms with Crippen molar-refractivity contribution in [1.82, 2.24) is 14.3 Å². The van der Waals surface area contributed by atoms with Crippen LogP contribution in [0.5, 0.6) is 17.2 Å². The molecule has 1 atom stereocenters. The van der Waals surface area contributed by atoms with Crippen LogP contribution in [-0.4, -0.2) is 72.7 Å². The number of carbonyl (C=O) groups is 1. The van der Waals surface area contributed by atoms with Crippen LogP contribution in [0.1, 0.15) is 42.5 Å². The summed E-state index contributed by atoms with van der Waals surface area (Å²) >= 11 is 0. The maximum Gasteiger partial charge on any atom is 0.387 e. The van der Waals surface area contributed by atoms with E-state index in [4.69, 9.17) is 18.9 Å². The average molecular weight is 542 g/mol. The van der Waals surface area contributed by atoms with E-state index < -0.39 is 6.61 Å². The summed E-state index contributed by atoms with van der Waals surface area (Å²) in [6.07, 6.45) is 8.05. The fourth-order valence-corrected chi connectivity index (χ4v) is 5.53. The number of imidazole rings is 1. The van der Waals surface area contributed by atoms with E-state index in [1.165, 1.54) is 19.6 Å². The molecule has 1 saturated carbocycles. The number of halogens is 2. The molecule has 10 heteroatoms. The molecule has 3 aromatic rings. The predicted molar refractivity (Wildman–Crippen MR) is 140 cm³/mol. The van der Waals surface area contributed by atoms with E-state index >= 15 is 0 Å². The third kappa shape index (κ3) is 5.72. The second kappa shape index (κ2) is 11.1. The highest BCUT2D eigenvalue weighted by molar-refractivity contribution is 6.02. The largest absolute Gasteiger partial charge is 0.496 e. The van der Waals surface area contributed by atoms with Gasteiger partial charge < -0.3 is 18.9 Å². The molecule has 0 N–H and O–H groups in total. The van der Waals surface area contributed by atoms with Crippen LogP contribution >= 0.6 is 0 Å². The van der Waals surface area contributed by atoms with E-state index in [9.17, 15) is 13.6 Å². The molecule has 2 saturated heterocycles. The molecular weight excluding hydrogens is 508 g/mol. The topological polar surface area (TPSA) is 74.5 Å². The average Bonchev–Trinajstić information content (AvgIpc) is 3.60. The molecule has 0 spiro atoms. The number of likely N-dealkylation sites (tertiary alicyclic amines) is 1. The molecule has 2 aliphatic heterocycles. The number of alkyl halides is 2. The Labute approximate surface area is 225 Å². The molecule has 1 aromatic carbocycles. The maximum atomic E-state index is 13.3. The van der Waals surface area contributed by atoms with Gasteiger partial charge in [0.1, 0.15) is 28.5 Å². The Hall–Kier alpha value is -3.24. The number of hydrogen-bond acceptors (Lipinski definition) is 7. The van der Waals surface area contributed by atoms with Crippen molar-refractivity contribution >= 4 is 11.4 Å². The minimum absolute atomic E-state index is 0.0593. The zero-order chi connectivity index (χ0) is 26.9. The molecule has 4 heterocycles. The highest BCUT2D eigenvalue weighted by Crippen LogP contribution is 2.40. The molecule has 0 radical (unpaired) electrons. The number of nitrogens with zero attached hydrogens (tertiary/aromatic N) is 3. The lowest BCUT2D eigenvalue weighted by atomic mass is 9.97. The zero-order valence-electron chi connectivity index (χ0n) is 22.0. The summed E-state index contributed by atoms with van der Waals surface area (Å²) in [6.45, 7) is 1.36. The van der Waals surface area contributed by atoms with Crippen molar-refractivity contribution < 1.29 is 32.5 Å². The van der Waals surface area contributed by atoms with E-state index in [0.29, 0.717) is 47.8 Å². The third-order valence-corrected chi connectivity index (χ3v) is 7.91. The summed E-state index contributed by atoms with van der Waals surface area (Å²) in [7, 11) is 1.42. The fraction of sp³-hybridized carbons (Fsp3) is 0.517. The number of piperidine rings is 1. The second-order valence-electron chi connectivity index (χ2n) is 10.7. The molecule has 3 aliphatic rings. The number of Topliss-reactive ketones (excluding diaryl/α,β-unsaturated/α-hetero) is 1. The Morgan fingerprint density at radius 3 is 2.69 bits per heavy atom. The lowest BCUT2D eigenvalue weighted by Gasteiger charge is -2.41. The van der Waals surface area contributed by atoms with Crippen LogP contribution in [0.3, 0.4) is 0 Å². The van der Waals surface area contributed by atoms with Crippen molar-refractivity contribution in [3.63, 3.8) is 0 Å². The smallest absolute Gasteiger partial charge is 0.387 e. The van der Waals surface area contributed by atoms with Gasteiger partial charge in [-0.2, -0.15) is 8.78 Å². The summed E-state index contributed by atoms with van der Waals surface area (Å²) in [5, 5.41) is 0. The van der Waals surface area contributed by atoms with Crippen LogP contribution in [0.2, 0.25) is 0 Å². The first-order valence-corrected chi connectivity index (χ1v) is 13.6. The van der Waals surface area contributed by atoms with Gasteiger partial charge in [-0.1, -0.05) is 0 Å². The van der Waals surface area contributed by atoms with Crippen LogP contribution in [0.15, 0.2) is 36.7 Å². The van der Waals surface area contributed by atoms with E-state index in [2.05, 4.69) is 9.88 Å². The highest BCUT2D eigenvalue weighted by atomic mass is 19.3. The Morgan fingerprint density at radius 2 is 1.97 bits per heavy atom. The third-order valence-electron chi connectivity index (χ3n) is 7.91. The Bertz CT molecular complexity index is 1340. The Kier molecular flexibility index (Phi) is 7.40. The van der Waals surface area contributed by atoms with Crippen molar-refractivity contribution in [3.8, 4) is 28.5 Å². The molecule has 2 aromatic heterocycles. The molecule has 3 fully saturated rings. The molecule has 0 unspecified atom stereocenters. The van der Waals surface area contributed by atoms with Crippen LogP contribution in [0.25, 0.3) is 16.9 Å². The van der Waals surface area contributed by atoms with E-state index in [-0.39, 0.29) is 22.8 Å². The standard InChI is InChI=1S/C29H33F2N3O5/c1-36-25-10-20(11-26(39-29(30)31)28(25)24(35)9-18-4-5-18)23-13-32-27-12-22(6-8-34(23)27)38-15-19-3-2-7-33(14-19)21-16-37-17-21/h6,8,10-13,18-19,21,29H,2-5,7,9,14-17H2,1H3/t19-/m1/s1. The van der Waals surface area contributed by atoms with Crippen molar-refractivity contribution in [2.75, 3.05) is 40.0 Å². The molecule has 39 heavy (non-hydrogen) atoms. The number of rotatable bonds is 11. The summed E-state index contributed by atoms with van der Waals surface area (Å²) in [6, 6.07) is 7.42. The minimum Gasteiger partial charge on any atom is -0.496 e. The number of benzene rings is 1. The number of ketones is 1. The highest BCUT2D eigenvalue weighted by Gasteiger charge is 2.31. The van der Waals surface area contributed by atoms with Crippen LogP contribution in [0.4, 0.5) is 8.78 Å². The number of fused-ring (bicyclic) bond motifs is 1. The number of ether oxygens (including phenoxy) is 4. The Morgan fingerprint density at radius 1 is 1.15 bits per heavy atom. The number of aromatic nitrogens is 2. The van der Waals surface area contributed by atoms with Gasteiger partial charge in [-0.05, 0) is 56.3 Å². The monoisotopic (exact) mass is 541 g/mol. The summed E-state index contributed by atoms with van der Waals surface area (Å²) in [5.74, 6) is 1.26. The predicted octanol–water partition coefficient (Wildman–Crippen LogP) is 5.08. The molecular formula is C29H33F2N3O5. The first kappa shape index (κ1) is 26.0. The second-order valence-corrected chi connectivity index (χ2v) is 10.7. The fourth-order valence-electron chi connectivity index (χ4n) is 5.53. The molecule has 0 bridgehead atoms.